The molecular formula is C14H14N2O3S. The molecule has 6 heteroatoms. The number of carboxylic acid groups (broad SMARTS) is 1. The Hall–Kier alpha value is -2.21. The van der Waals surface area contributed by atoms with Crippen molar-refractivity contribution in [3.63, 3.8) is 0 Å². The van der Waals surface area contributed by atoms with Crippen molar-refractivity contribution in [2.45, 2.75) is 19.9 Å². The Balaban J connectivity index is 1.96. The summed E-state index contributed by atoms with van der Waals surface area (Å²) in [6.45, 7) is 2.43. The fourth-order valence-electron chi connectivity index (χ4n) is 1.62. The molecule has 104 valence electrons. The number of carbonyl (C=O) groups is 2. The second-order valence-corrected chi connectivity index (χ2v) is 5.34. The maximum absolute atomic E-state index is 11.9. The summed E-state index contributed by atoms with van der Waals surface area (Å²) in [7, 11) is 0. The molecule has 0 unspecified atom stereocenters. The lowest BCUT2D eigenvalue weighted by molar-refractivity contribution is 0.0696. The second-order valence-electron chi connectivity index (χ2n) is 4.14. The van der Waals surface area contributed by atoms with Crippen LogP contribution in [0, 0.1) is 0 Å². The van der Waals surface area contributed by atoms with Crippen molar-refractivity contribution in [2.75, 3.05) is 0 Å². The monoisotopic (exact) mass is 290 g/mol. The van der Waals surface area contributed by atoms with E-state index in [9.17, 15) is 9.59 Å². The van der Waals surface area contributed by atoms with Crippen molar-refractivity contribution in [2.24, 2.45) is 0 Å². The van der Waals surface area contributed by atoms with Crippen LogP contribution >= 0.6 is 11.3 Å². The molecular weight excluding hydrogens is 276 g/mol. The van der Waals surface area contributed by atoms with Crippen LogP contribution in [0.1, 0.15) is 37.5 Å². The maximum Gasteiger partial charge on any atom is 0.335 e. The van der Waals surface area contributed by atoms with E-state index in [2.05, 4.69) is 17.2 Å². The zero-order valence-electron chi connectivity index (χ0n) is 10.9. The predicted molar refractivity (Wildman–Crippen MR) is 76.1 cm³/mol. The fraction of sp³-hybridized carbons (Fsp3) is 0.214. The molecule has 0 aliphatic rings. The fourth-order valence-corrected chi connectivity index (χ4v) is 2.42. The average Bonchev–Trinajstić information content (AvgIpc) is 2.93. The Morgan fingerprint density at radius 3 is 2.45 bits per heavy atom. The van der Waals surface area contributed by atoms with Crippen LogP contribution < -0.4 is 5.32 Å². The number of thiazole rings is 1. The van der Waals surface area contributed by atoms with Crippen LogP contribution in [-0.4, -0.2) is 22.0 Å². The van der Waals surface area contributed by atoms with Gasteiger partial charge in [-0.25, -0.2) is 9.78 Å². The molecule has 0 atom stereocenters. The Morgan fingerprint density at radius 1 is 1.25 bits per heavy atom. The number of amides is 1. The summed E-state index contributed by atoms with van der Waals surface area (Å²) in [6.07, 6.45) is 2.75. The summed E-state index contributed by atoms with van der Waals surface area (Å²) in [5.74, 6) is -1.25. The molecule has 2 N–H and O–H groups in total. The summed E-state index contributed by atoms with van der Waals surface area (Å²) in [6, 6.07) is 5.82. The number of carbonyl (C=O) groups excluding carboxylic acids is 1. The summed E-state index contributed by atoms with van der Waals surface area (Å²) in [5.41, 5.74) is 0.594. The SMILES string of the molecule is CCc1cnc(CNC(=O)c2ccc(C(=O)O)cc2)s1. The first-order valence-electron chi connectivity index (χ1n) is 6.15. The van der Waals surface area contributed by atoms with E-state index in [0.717, 1.165) is 11.4 Å². The van der Waals surface area contributed by atoms with E-state index < -0.39 is 5.97 Å². The average molecular weight is 290 g/mol. The minimum atomic E-state index is -1.01. The molecule has 1 aromatic heterocycles. The molecule has 5 nitrogen and oxygen atoms in total. The van der Waals surface area contributed by atoms with Gasteiger partial charge >= 0.3 is 5.97 Å². The van der Waals surface area contributed by atoms with Crippen molar-refractivity contribution >= 4 is 23.2 Å². The van der Waals surface area contributed by atoms with Gasteiger partial charge in [-0.1, -0.05) is 6.92 Å². The highest BCUT2D eigenvalue weighted by atomic mass is 32.1. The van der Waals surface area contributed by atoms with Crippen LogP contribution in [0.25, 0.3) is 0 Å². The summed E-state index contributed by atoms with van der Waals surface area (Å²) in [4.78, 5) is 28.0. The molecule has 1 heterocycles. The van der Waals surface area contributed by atoms with E-state index in [1.807, 2.05) is 6.20 Å². The largest absolute Gasteiger partial charge is 0.478 e. The Morgan fingerprint density at radius 2 is 1.90 bits per heavy atom. The Bertz CT molecular complexity index is 620. The third kappa shape index (κ3) is 3.42. The van der Waals surface area contributed by atoms with E-state index in [4.69, 9.17) is 5.11 Å². The van der Waals surface area contributed by atoms with Gasteiger partial charge in [-0.05, 0) is 30.7 Å². The van der Waals surface area contributed by atoms with Gasteiger partial charge in [0.2, 0.25) is 0 Å². The number of hydrogen-bond donors (Lipinski definition) is 2. The molecule has 0 saturated carbocycles. The van der Waals surface area contributed by atoms with Gasteiger partial charge in [0.25, 0.3) is 5.91 Å². The number of benzene rings is 1. The lowest BCUT2D eigenvalue weighted by atomic mass is 10.1. The molecule has 0 aliphatic carbocycles. The first kappa shape index (κ1) is 14.2. The number of aromatic nitrogens is 1. The van der Waals surface area contributed by atoms with Crippen LogP contribution in [0.4, 0.5) is 0 Å². The van der Waals surface area contributed by atoms with E-state index in [0.29, 0.717) is 12.1 Å². The van der Waals surface area contributed by atoms with Crippen LogP contribution in [-0.2, 0) is 13.0 Å². The van der Waals surface area contributed by atoms with E-state index in [1.165, 1.54) is 29.1 Å². The van der Waals surface area contributed by atoms with Crippen LogP contribution in [0.5, 0.6) is 0 Å². The number of nitrogens with zero attached hydrogens (tertiary/aromatic N) is 1. The molecule has 0 spiro atoms. The van der Waals surface area contributed by atoms with Gasteiger partial charge in [-0.15, -0.1) is 11.3 Å². The summed E-state index contributed by atoms with van der Waals surface area (Å²) >= 11 is 1.57. The van der Waals surface area contributed by atoms with Gasteiger partial charge in [0.05, 0.1) is 12.1 Å². The Labute approximate surface area is 120 Å². The molecule has 0 radical (unpaired) electrons. The third-order valence-electron chi connectivity index (χ3n) is 2.74. The highest BCUT2D eigenvalue weighted by Crippen LogP contribution is 2.13. The first-order valence-corrected chi connectivity index (χ1v) is 6.97. The zero-order chi connectivity index (χ0) is 14.5. The van der Waals surface area contributed by atoms with Crippen LogP contribution in [0.3, 0.4) is 0 Å². The maximum atomic E-state index is 11.9. The van der Waals surface area contributed by atoms with E-state index in [1.54, 1.807) is 11.3 Å². The number of carboxylic acids is 1. The van der Waals surface area contributed by atoms with E-state index >= 15 is 0 Å². The zero-order valence-corrected chi connectivity index (χ0v) is 11.7. The molecule has 0 bridgehead atoms. The summed E-state index contributed by atoms with van der Waals surface area (Å²) < 4.78 is 0. The van der Waals surface area contributed by atoms with Gasteiger partial charge in [0, 0.05) is 16.6 Å². The van der Waals surface area contributed by atoms with Crippen molar-refractivity contribution in [3.8, 4) is 0 Å². The predicted octanol–water partition coefficient (Wildman–Crippen LogP) is 2.33. The van der Waals surface area contributed by atoms with Gasteiger partial charge in [0.15, 0.2) is 0 Å². The molecule has 1 aromatic carbocycles. The lowest BCUT2D eigenvalue weighted by Crippen LogP contribution is -2.22. The number of rotatable bonds is 5. The standard InChI is InChI=1S/C14H14N2O3S/c1-2-11-7-15-12(20-11)8-16-13(17)9-3-5-10(6-4-9)14(18)19/h3-7H,2,8H2,1H3,(H,16,17)(H,18,19). The first-order chi connectivity index (χ1) is 9.60. The number of hydrogen-bond acceptors (Lipinski definition) is 4. The molecule has 0 fully saturated rings. The van der Waals surface area contributed by atoms with Crippen molar-refractivity contribution in [1.82, 2.24) is 10.3 Å². The molecule has 0 aliphatic heterocycles. The number of aryl methyl sites for hydroxylation is 1. The number of aromatic carboxylic acids is 1. The van der Waals surface area contributed by atoms with Crippen molar-refractivity contribution in [3.05, 3.63) is 51.5 Å². The molecule has 2 aromatic rings. The minimum absolute atomic E-state index is 0.161. The highest BCUT2D eigenvalue weighted by Gasteiger charge is 2.08. The summed E-state index contributed by atoms with van der Waals surface area (Å²) in [5, 5.41) is 12.4. The third-order valence-corrected chi connectivity index (χ3v) is 3.89. The smallest absolute Gasteiger partial charge is 0.335 e. The van der Waals surface area contributed by atoms with Gasteiger partial charge in [-0.2, -0.15) is 0 Å². The number of nitrogens with one attached hydrogen (secondary N) is 1. The van der Waals surface area contributed by atoms with Gasteiger partial charge in [0.1, 0.15) is 5.01 Å². The lowest BCUT2D eigenvalue weighted by Gasteiger charge is -2.03. The van der Waals surface area contributed by atoms with Gasteiger partial charge < -0.3 is 10.4 Å². The topological polar surface area (TPSA) is 79.3 Å². The van der Waals surface area contributed by atoms with E-state index in [-0.39, 0.29) is 11.5 Å². The van der Waals surface area contributed by atoms with Gasteiger partial charge in [-0.3, -0.25) is 4.79 Å². The normalized spacial score (nSPS) is 10.2. The molecule has 2 rings (SSSR count). The second kappa shape index (κ2) is 6.29. The molecule has 0 saturated heterocycles. The Kier molecular flexibility index (Phi) is 4.47. The minimum Gasteiger partial charge on any atom is -0.478 e. The van der Waals surface area contributed by atoms with Crippen LogP contribution in [0.2, 0.25) is 0 Å². The van der Waals surface area contributed by atoms with Crippen LogP contribution in [0.15, 0.2) is 30.5 Å². The molecule has 1 amide bonds. The highest BCUT2D eigenvalue weighted by molar-refractivity contribution is 7.11. The molecule has 20 heavy (non-hydrogen) atoms. The van der Waals surface area contributed by atoms with Crippen molar-refractivity contribution in [1.29, 1.82) is 0 Å². The quantitative estimate of drug-likeness (QED) is 0.885. The van der Waals surface area contributed by atoms with Crippen molar-refractivity contribution < 1.29 is 14.7 Å².